The van der Waals surface area contributed by atoms with E-state index < -0.39 is 0 Å². The number of rotatable bonds is 6. The van der Waals surface area contributed by atoms with Gasteiger partial charge in [-0.25, -0.2) is 9.67 Å². The molecule has 0 aliphatic rings. The van der Waals surface area contributed by atoms with E-state index in [4.69, 9.17) is 0 Å². The van der Waals surface area contributed by atoms with Gasteiger partial charge in [-0.1, -0.05) is 17.3 Å². The lowest BCUT2D eigenvalue weighted by atomic mass is 10.2. The van der Waals surface area contributed by atoms with Crippen LogP contribution >= 0.6 is 23.1 Å². The van der Waals surface area contributed by atoms with Crippen LogP contribution in [0.15, 0.2) is 41.5 Å². The third-order valence-electron chi connectivity index (χ3n) is 4.76. The van der Waals surface area contributed by atoms with Gasteiger partial charge in [-0.05, 0) is 38.5 Å². The van der Waals surface area contributed by atoms with Crippen molar-refractivity contribution in [1.29, 1.82) is 0 Å². The first-order valence-corrected chi connectivity index (χ1v) is 11.2. The highest BCUT2D eigenvalue weighted by molar-refractivity contribution is 7.99. The van der Waals surface area contributed by atoms with Crippen LogP contribution in [-0.2, 0) is 10.5 Å². The maximum Gasteiger partial charge on any atom is 0.259 e. The summed E-state index contributed by atoms with van der Waals surface area (Å²) in [5, 5.41) is 11.1. The SMILES string of the molecule is Cc1sc2nc(CSC(C)C(=O)Nc3ccccc3-n3ccnn3)[nH]c(=O)c2c1C. The van der Waals surface area contributed by atoms with Gasteiger partial charge >= 0.3 is 0 Å². The second-order valence-corrected chi connectivity index (χ2v) is 9.32. The molecule has 1 unspecified atom stereocenters. The fourth-order valence-corrected chi connectivity index (χ4v) is 4.80. The summed E-state index contributed by atoms with van der Waals surface area (Å²) in [6.45, 7) is 5.75. The molecule has 1 atom stereocenters. The number of H-pyrrole nitrogens is 1. The number of nitrogens with one attached hydrogen (secondary N) is 2. The number of fused-ring (bicyclic) bond motifs is 1. The molecule has 0 bridgehead atoms. The number of aromatic amines is 1. The quantitative estimate of drug-likeness (QED) is 0.476. The molecule has 0 spiro atoms. The predicted octanol–water partition coefficient (Wildman–Crippen LogP) is 3.44. The van der Waals surface area contributed by atoms with E-state index in [0.717, 1.165) is 21.0 Å². The van der Waals surface area contributed by atoms with Crippen LogP contribution in [0.4, 0.5) is 5.69 Å². The van der Waals surface area contributed by atoms with Crippen molar-refractivity contribution in [2.75, 3.05) is 5.32 Å². The summed E-state index contributed by atoms with van der Waals surface area (Å²) in [4.78, 5) is 34.4. The molecule has 0 fully saturated rings. The van der Waals surface area contributed by atoms with Gasteiger partial charge in [0.1, 0.15) is 10.7 Å². The summed E-state index contributed by atoms with van der Waals surface area (Å²) in [6, 6.07) is 7.40. The normalized spacial score (nSPS) is 12.2. The monoisotopic (exact) mass is 440 g/mol. The van der Waals surface area contributed by atoms with Gasteiger partial charge in [-0.2, -0.15) is 0 Å². The first-order valence-electron chi connectivity index (χ1n) is 9.31. The lowest BCUT2D eigenvalue weighted by molar-refractivity contribution is -0.115. The van der Waals surface area contributed by atoms with Crippen LogP contribution in [0.25, 0.3) is 15.9 Å². The molecule has 10 heteroatoms. The van der Waals surface area contributed by atoms with E-state index in [2.05, 4.69) is 25.6 Å². The predicted molar refractivity (Wildman–Crippen MR) is 120 cm³/mol. The molecule has 1 aromatic carbocycles. The number of hydrogen-bond donors (Lipinski definition) is 2. The highest BCUT2D eigenvalue weighted by Gasteiger charge is 2.17. The number of anilines is 1. The van der Waals surface area contributed by atoms with Crippen LogP contribution in [0.2, 0.25) is 0 Å². The van der Waals surface area contributed by atoms with E-state index >= 15 is 0 Å². The van der Waals surface area contributed by atoms with Crippen LogP contribution in [0, 0.1) is 13.8 Å². The number of thiophene rings is 1. The molecular weight excluding hydrogens is 420 g/mol. The second-order valence-electron chi connectivity index (χ2n) is 6.78. The van der Waals surface area contributed by atoms with Crippen LogP contribution in [-0.4, -0.2) is 36.1 Å². The third-order valence-corrected chi connectivity index (χ3v) is 7.01. The summed E-state index contributed by atoms with van der Waals surface area (Å²) in [5.74, 6) is 0.862. The van der Waals surface area contributed by atoms with Crippen molar-refractivity contribution in [3.8, 4) is 5.69 Å². The van der Waals surface area contributed by atoms with E-state index in [-0.39, 0.29) is 16.7 Å². The topological polar surface area (TPSA) is 106 Å². The van der Waals surface area contributed by atoms with Crippen molar-refractivity contribution in [3.05, 3.63) is 63.3 Å². The highest BCUT2D eigenvalue weighted by Crippen LogP contribution is 2.27. The van der Waals surface area contributed by atoms with Crippen LogP contribution in [0.3, 0.4) is 0 Å². The fraction of sp³-hybridized carbons (Fsp3) is 0.250. The number of benzene rings is 1. The van der Waals surface area contributed by atoms with E-state index in [9.17, 15) is 9.59 Å². The average molecular weight is 441 g/mol. The second kappa shape index (κ2) is 8.41. The summed E-state index contributed by atoms with van der Waals surface area (Å²) in [6.07, 6.45) is 3.30. The molecule has 1 amide bonds. The molecule has 30 heavy (non-hydrogen) atoms. The van der Waals surface area contributed by atoms with Crippen molar-refractivity contribution in [1.82, 2.24) is 25.0 Å². The molecule has 0 saturated heterocycles. The summed E-state index contributed by atoms with van der Waals surface area (Å²) in [7, 11) is 0. The summed E-state index contributed by atoms with van der Waals surface area (Å²) in [5.41, 5.74) is 2.23. The Hall–Kier alpha value is -2.98. The molecule has 8 nitrogen and oxygen atoms in total. The van der Waals surface area contributed by atoms with E-state index in [1.54, 1.807) is 17.1 Å². The lowest BCUT2D eigenvalue weighted by Gasteiger charge is -2.14. The Bertz CT molecular complexity index is 1260. The zero-order valence-corrected chi connectivity index (χ0v) is 18.3. The molecule has 3 heterocycles. The maximum absolute atomic E-state index is 12.7. The molecule has 4 rings (SSSR count). The van der Waals surface area contributed by atoms with Crippen molar-refractivity contribution < 1.29 is 4.79 Å². The Kier molecular flexibility index (Phi) is 5.69. The minimum absolute atomic E-state index is 0.128. The number of amides is 1. The van der Waals surface area contributed by atoms with Crippen molar-refractivity contribution in [3.63, 3.8) is 0 Å². The molecule has 3 aromatic heterocycles. The largest absolute Gasteiger partial charge is 0.323 e. The van der Waals surface area contributed by atoms with Gasteiger partial charge in [0.2, 0.25) is 5.91 Å². The van der Waals surface area contributed by atoms with Gasteiger partial charge in [0, 0.05) is 4.88 Å². The first kappa shape index (κ1) is 20.3. The molecule has 0 saturated carbocycles. The number of hydrogen-bond acceptors (Lipinski definition) is 7. The molecule has 4 aromatic rings. The van der Waals surface area contributed by atoms with Crippen LogP contribution in [0.1, 0.15) is 23.2 Å². The number of carbonyl (C=O) groups excluding carboxylic acids is 1. The number of thioether (sulfide) groups is 1. The molecule has 0 aliphatic carbocycles. The van der Waals surface area contributed by atoms with Gasteiger partial charge in [0.05, 0.1) is 40.2 Å². The van der Waals surface area contributed by atoms with Gasteiger partial charge in [-0.15, -0.1) is 28.2 Å². The third kappa shape index (κ3) is 4.01. The highest BCUT2D eigenvalue weighted by atomic mass is 32.2. The zero-order chi connectivity index (χ0) is 21.3. The summed E-state index contributed by atoms with van der Waals surface area (Å²) >= 11 is 2.93. The van der Waals surface area contributed by atoms with Crippen LogP contribution in [0.5, 0.6) is 0 Å². The average Bonchev–Trinajstić information content (AvgIpc) is 3.35. The van der Waals surface area contributed by atoms with E-state index in [1.165, 1.54) is 23.1 Å². The molecule has 2 N–H and O–H groups in total. The molecule has 0 radical (unpaired) electrons. The van der Waals surface area contributed by atoms with Gasteiger partial charge in [0.15, 0.2) is 0 Å². The van der Waals surface area contributed by atoms with Crippen molar-refractivity contribution in [2.45, 2.75) is 31.8 Å². The number of para-hydroxylation sites is 2. The van der Waals surface area contributed by atoms with Crippen molar-refractivity contribution >= 4 is 44.9 Å². The molecule has 154 valence electrons. The molecular formula is C20H20N6O2S2. The Labute approximate surface area is 180 Å². The Morgan fingerprint density at radius 1 is 1.33 bits per heavy atom. The van der Waals surface area contributed by atoms with E-state index in [1.807, 2.05) is 45.0 Å². The smallest absolute Gasteiger partial charge is 0.259 e. The number of nitrogens with zero attached hydrogens (tertiary/aromatic N) is 4. The number of aromatic nitrogens is 5. The van der Waals surface area contributed by atoms with Gasteiger partial charge < -0.3 is 10.3 Å². The summed E-state index contributed by atoms with van der Waals surface area (Å²) < 4.78 is 1.60. The standard InChI is InChI=1S/C20H20N6O2S2/c1-11-12(2)30-20-17(11)19(28)23-16(24-20)10-29-13(3)18(27)22-14-6-4-5-7-15(14)26-9-8-21-25-26/h4-9,13H,10H2,1-3H3,(H,22,27)(H,23,24,28). The van der Waals surface area contributed by atoms with Crippen LogP contribution < -0.4 is 10.9 Å². The van der Waals surface area contributed by atoms with Crippen molar-refractivity contribution in [2.24, 2.45) is 0 Å². The Morgan fingerprint density at radius 2 is 2.13 bits per heavy atom. The first-order chi connectivity index (χ1) is 14.4. The van der Waals surface area contributed by atoms with E-state index in [0.29, 0.717) is 22.7 Å². The lowest BCUT2D eigenvalue weighted by Crippen LogP contribution is -2.23. The fourth-order valence-electron chi connectivity index (χ4n) is 3.00. The minimum atomic E-state index is -0.346. The maximum atomic E-state index is 12.7. The van der Waals surface area contributed by atoms with Gasteiger partial charge in [-0.3, -0.25) is 9.59 Å². The Morgan fingerprint density at radius 3 is 2.90 bits per heavy atom. The number of carbonyl (C=O) groups is 1. The minimum Gasteiger partial charge on any atom is -0.323 e. The molecule has 0 aliphatic heterocycles. The Balaban J connectivity index is 1.45. The van der Waals surface area contributed by atoms with Gasteiger partial charge in [0.25, 0.3) is 5.56 Å². The zero-order valence-electron chi connectivity index (χ0n) is 16.7. The number of aryl methyl sites for hydroxylation is 2.